The van der Waals surface area contributed by atoms with E-state index in [0.29, 0.717) is 5.56 Å². The van der Waals surface area contributed by atoms with Gasteiger partial charge in [0.2, 0.25) is 5.54 Å². The first-order valence-electron chi connectivity index (χ1n) is 5.60. The van der Waals surface area contributed by atoms with E-state index in [1.54, 1.807) is 0 Å². The number of hydrogen-bond acceptors (Lipinski definition) is 6. The zero-order valence-corrected chi connectivity index (χ0v) is 10.9. The molecule has 0 bridgehead atoms. The van der Waals surface area contributed by atoms with Crippen molar-refractivity contribution in [2.75, 3.05) is 7.11 Å². The van der Waals surface area contributed by atoms with Crippen LogP contribution in [0.4, 0.5) is 5.69 Å². The third kappa shape index (κ3) is 2.59. The van der Waals surface area contributed by atoms with Gasteiger partial charge in [-0.05, 0) is 5.56 Å². The van der Waals surface area contributed by atoms with Crippen molar-refractivity contribution in [2.24, 2.45) is 5.73 Å². The molecular weight excluding hydrogens is 268 g/mol. The van der Waals surface area contributed by atoms with Crippen molar-refractivity contribution < 1.29 is 24.4 Å². The lowest BCUT2D eigenvalue weighted by Gasteiger charge is -2.28. The van der Waals surface area contributed by atoms with Gasteiger partial charge in [0.25, 0.3) is 5.69 Å². The van der Waals surface area contributed by atoms with Crippen molar-refractivity contribution >= 4 is 17.6 Å². The maximum atomic E-state index is 11.6. The maximum absolute atomic E-state index is 11.6. The number of carbonyl (C=O) groups excluding carboxylic acids is 1. The van der Waals surface area contributed by atoms with E-state index in [0.717, 1.165) is 7.11 Å². The van der Waals surface area contributed by atoms with Crippen LogP contribution in [0, 0.1) is 10.1 Å². The summed E-state index contributed by atoms with van der Waals surface area (Å²) in [5.41, 5.74) is 3.64. The number of esters is 1. The van der Waals surface area contributed by atoms with Gasteiger partial charge >= 0.3 is 11.9 Å². The van der Waals surface area contributed by atoms with Gasteiger partial charge in [-0.1, -0.05) is 19.1 Å². The van der Waals surface area contributed by atoms with Crippen LogP contribution in [0.1, 0.15) is 18.4 Å². The van der Waals surface area contributed by atoms with E-state index in [9.17, 15) is 24.8 Å². The lowest BCUT2D eigenvalue weighted by Crippen LogP contribution is -2.59. The van der Waals surface area contributed by atoms with E-state index in [-0.39, 0.29) is 5.69 Å². The summed E-state index contributed by atoms with van der Waals surface area (Å²) >= 11 is 0. The molecule has 0 aromatic heterocycles. The number of methoxy groups -OCH3 is 1. The van der Waals surface area contributed by atoms with Crippen molar-refractivity contribution in [2.45, 2.75) is 18.4 Å². The number of benzene rings is 1. The van der Waals surface area contributed by atoms with Crippen molar-refractivity contribution in [3.8, 4) is 0 Å². The quantitative estimate of drug-likeness (QED) is 0.350. The van der Waals surface area contributed by atoms with Gasteiger partial charge < -0.3 is 15.6 Å². The first kappa shape index (κ1) is 15.6. The number of carboxylic acids is 1. The molecule has 0 aliphatic carbocycles. The average molecular weight is 282 g/mol. The van der Waals surface area contributed by atoms with Crippen molar-refractivity contribution in [3.63, 3.8) is 0 Å². The van der Waals surface area contributed by atoms with Crippen LogP contribution in [0.15, 0.2) is 24.3 Å². The van der Waals surface area contributed by atoms with E-state index in [4.69, 9.17) is 5.73 Å². The van der Waals surface area contributed by atoms with Gasteiger partial charge in [-0.15, -0.1) is 0 Å². The number of nitro groups is 1. The summed E-state index contributed by atoms with van der Waals surface area (Å²) in [6.45, 7) is 1.44. The lowest BCUT2D eigenvalue weighted by molar-refractivity contribution is -0.384. The number of rotatable bonds is 5. The number of nitrogens with two attached hydrogens (primary N) is 1. The van der Waals surface area contributed by atoms with Crippen LogP contribution in [-0.4, -0.2) is 34.6 Å². The highest BCUT2D eigenvalue weighted by atomic mass is 16.6. The predicted molar refractivity (Wildman–Crippen MR) is 68.1 cm³/mol. The van der Waals surface area contributed by atoms with Crippen LogP contribution in [0.3, 0.4) is 0 Å². The Hall–Kier alpha value is -2.48. The van der Waals surface area contributed by atoms with Crippen LogP contribution in [-0.2, 0) is 14.3 Å². The fourth-order valence-corrected chi connectivity index (χ4v) is 1.77. The molecule has 0 amide bonds. The highest BCUT2D eigenvalue weighted by molar-refractivity contribution is 6.05. The molecule has 20 heavy (non-hydrogen) atoms. The normalized spacial score (nSPS) is 14.9. The Morgan fingerprint density at radius 1 is 1.40 bits per heavy atom. The van der Waals surface area contributed by atoms with Crippen molar-refractivity contribution in [3.05, 3.63) is 39.9 Å². The van der Waals surface area contributed by atoms with Gasteiger partial charge in [0.15, 0.2) is 0 Å². The summed E-state index contributed by atoms with van der Waals surface area (Å²) in [6.07, 6.45) is 0. The summed E-state index contributed by atoms with van der Waals surface area (Å²) < 4.78 is 4.43. The fourth-order valence-electron chi connectivity index (χ4n) is 1.77. The summed E-state index contributed by atoms with van der Waals surface area (Å²) in [6, 6.07) is 5.14. The van der Waals surface area contributed by atoms with Crippen LogP contribution in [0.2, 0.25) is 0 Å². The third-order valence-corrected chi connectivity index (χ3v) is 3.16. The molecule has 3 N–H and O–H groups in total. The SMILES string of the molecule is COC(=O)C(N)(C(=O)O)C(C)c1ccc([N+](=O)[O-])cc1. The first-order valence-corrected chi connectivity index (χ1v) is 5.60. The molecule has 108 valence electrons. The number of non-ortho nitro benzene ring substituents is 1. The van der Waals surface area contributed by atoms with Gasteiger partial charge in [-0.25, -0.2) is 9.59 Å². The second-order valence-corrected chi connectivity index (χ2v) is 4.24. The monoisotopic (exact) mass is 282 g/mol. The van der Waals surface area contributed by atoms with Gasteiger partial charge in [-0.3, -0.25) is 10.1 Å². The largest absolute Gasteiger partial charge is 0.479 e. The Labute approximate surface area is 114 Å². The molecule has 1 aromatic rings. The Balaban J connectivity index is 3.19. The van der Waals surface area contributed by atoms with Crippen molar-refractivity contribution in [1.82, 2.24) is 0 Å². The Morgan fingerprint density at radius 3 is 2.25 bits per heavy atom. The minimum Gasteiger partial charge on any atom is -0.479 e. The Morgan fingerprint density at radius 2 is 1.90 bits per heavy atom. The number of hydrogen-bond donors (Lipinski definition) is 2. The second-order valence-electron chi connectivity index (χ2n) is 4.24. The smallest absolute Gasteiger partial charge is 0.338 e. The molecule has 2 atom stereocenters. The first-order chi connectivity index (χ1) is 9.25. The van der Waals surface area contributed by atoms with Crippen LogP contribution >= 0.6 is 0 Å². The van der Waals surface area contributed by atoms with E-state index in [2.05, 4.69) is 4.74 Å². The number of carboxylic acid groups (broad SMARTS) is 1. The molecule has 8 heteroatoms. The minimum atomic E-state index is -2.26. The molecule has 0 heterocycles. The number of nitro benzene ring substituents is 1. The lowest BCUT2D eigenvalue weighted by atomic mass is 9.81. The van der Waals surface area contributed by atoms with E-state index in [1.165, 1.54) is 31.2 Å². The molecule has 1 aromatic carbocycles. The summed E-state index contributed by atoms with van der Waals surface area (Å²) in [7, 11) is 1.04. The third-order valence-electron chi connectivity index (χ3n) is 3.16. The standard InChI is InChI=1S/C12H14N2O6/c1-7(12(13,10(15)16)11(17)20-2)8-3-5-9(6-4-8)14(18)19/h3-7H,13H2,1-2H3,(H,15,16). The van der Waals surface area contributed by atoms with Gasteiger partial charge in [0.05, 0.1) is 12.0 Å². The van der Waals surface area contributed by atoms with Crippen molar-refractivity contribution in [1.29, 1.82) is 0 Å². The predicted octanol–water partition coefficient (Wildman–Crippen LogP) is 0.653. The molecule has 0 radical (unpaired) electrons. The number of carbonyl (C=O) groups is 2. The second kappa shape index (κ2) is 5.66. The van der Waals surface area contributed by atoms with Crippen LogP contribution in [0.5, 0.6) is 0 Å². The van der Waals surface area contributed by atoms with E-state index >= 15 is 0 Å². The topological polar surface area (TPSA) is 133 Å². The number of ether oxygens (including phenoxy) is 1. The van der Waals surface area contributed by atoms with Gasteiger partial charge in [0, 0.05) is 18.1 Å². The molecule has 0 fully saturated rings. The van der Waals surface area contributed by atoms with Gasteiger partial charge in [-0.2, -0.15) is 0 Å². The Kier molecular flexibility index (Phi) is 4.41. The Bertz CT molecular complexity index is 541. The molecule has 0 spiro atoms. The summed E-state index contributed by atoms with van der Waals surface area (Å²) in [4.78, 5) is 32.9. The molecule has 2 unspecified atom stereocenters. The van der Waals surface area contributed by atoms with E-state index in [1.807, 2.05) is 0 Å². The number of aliphatic carboxylic acids is 1. The molecule has 1 rings (SSSR count). The number of nitrogens with zero attached hydrogens (tertiary/aromatic N) is 1. The average Bonchev–Trinajstić information content (AvgIpc) is 2.44. The molecule has 0 aliphatic heterocycles. The minimum absolute atomic E-state index is 0.142. The maximum Gasteiger partial charge on any atom is 0.338 e. The van der Waals surface area contributed by atoms with Crippen LogP contribution < -0.4 is 5.73 Å². The van der Waals surface area contributed by atoms with Crippen LogP contribution in [0.25, 0.3) is 0 Å². The molecule has 0 saturated carbocycles. The van der Waals surface area contributed by atoms with Gasteiger partial charge in [0.1, 0.15) is 0 Å². The molecule has 8 nitrogen and oxygen atoms in total. The summed E-state index contributed by atoms with van der Waals surface area (Å²) in [5.74, 6) is -3.54. The fraction of sp³-hybridized carbons (Fsp3) is 0.333. The molecule has 0 aliphatic rings. The highest BCUT2D eigenvalue weighted by Crippen LogP contribution is 2.29. The molecular formula is C12H14N2O6. The molecule has 0 saturated heterocycles. The summed E-state index contributed by atoms with van der Waals surface area (Å²) in [5, 5.41) is 19.7. The van der Waals surface area contributed by atoms with E-state index < -0.39 is 28.3 Å². The zero-order chi connectivity index (χ0) is 15.5. The zero-order valence-electron chi connectivity index (χ0n) is 10.9. The highest BCUT2D eigenvalue weighted by Gasteiger charge is 2.49.